The van der Waals surface area contributed by atoms with E-state index in [1.807, 2.05) is 13.8 Å². The molecule has 0 unspecified atom stereocenters. The first kappa shape index (κ1) is 23.5. The van der Waals surface area contributed by atoms with Gasteiger partial charge in [-0.1, -0.05) is 64.1 Å². The van der Waals surface area contributed by atoms with Crippen LogP contribution in [0.4, 0.5) is 11.4 Å². The summed E-state index contributed by atoms with van der Waals surface area (Å²) in [4.78, 5) is 12.6. The zero-order valence-electron chi connectivity index (χ0n) is 19.4. The Morgan fingerprint density at radius 3 is 1.23 bits per heavy atom. The molecule has 30 heavy (non-hydrogen) atoms. The maximum atomic E-state index is 12.6. The molecule has 3 heteroatoms. The molecule has 0 atom stereocenters. The maximum Gasteiger partial charge on any atom is 0.182 e. The first-order valence-corrected chi connectivity index (χ1v) is 11.1. The number of carbonyl (C=O) groups is 1. The third kappa shape index (κ3) is 6.09. The first-order chi connectivity index (χ1) is 14.4. The SMILES string of the molecule is CCc1cccc(CC)c1N/C(C)=C\C(=O)/C=C(/C)Nc1c(CC)cccc1CC. The summed E-state index contributed by atoms with van der Waals surface area (Å²) in [6.45, 7) is 12.5. The molecule has 0 spiro atoms. The molecule has 3 nitrogen and oxygen atoms in total. The molecule has 0 bridgehead atoms. The van der Waals surface area contributed by atoms with E-state index in [1.165, 1.54) is 22.3 Å². The van der Waals surface area contributed by atoms with Crippen LogP contribution in [0.1, 0.15) is 63.8 Å². The Morgan fingerprint density at radius 2 is 0.967 bits per heavy atom. The van der Waals surface area contributed by atoms with Crippen LogP contribution in [-0.4, -0.2) is 5.78 Å². The molecule has 0 amide bonds. The van der Waals surface area contributed by atoms with E-state index in [0.717, 1.165) is 48.5 Å². The normalized spacial score (nSPS) is 12.1. The lowest BCUT2D eigenvalue weighted by atomic mass is 10.0. The van der Waals surface area contributed by atoms with Gasteiger partial charge in [-0.15, -0.1) is 0 Å². The zero-order chi connectivity index (χ0) is 22.1. The van der Waals surface area contributed by atoms with Crippen molar-refractivity contribution in [1.29, 1.82) is 0 Å². The Morgan fingerprint density at radius 1 is 0.667 bits per heavy atom. The molecule has 0 fully saturated rings. The second kappa shape index (κ2) is 11.4. The van der Waals surface area contributed by atoms with Crippen LogP contribution in [0.15, 0.2) is 59.9 Å². The Hall–Kier alpha value is -2.81. The summed E-state index contributed by atoms with van der Waals surface area (Å²) in [5.74, 6) is -0.0240. The Balaban J connectivity index is 2.18. The average Bonchev–Trinajstić information content (AvgIpc) is 2.73. The fourth-order valence-electron chi connectivity index (χ4n) is 3.74. The number of hydrogen-bond donors (Lipinski definition) is 2. The minimum Gasteiger partial charge on any atom is -0.359 e. The average molecular weight is 405 g/mol. The van der Waals surface area contributed by atoms with Gasteiger partial charge in [0, 0.05) is 34.9 Å². The van der Waals surface area contributed by atoms with Gasteiger partial charge in [0.05, 0.1) is 0 Å². The molecule has 2 N–H and O–H groups in total. The van der Waals surface area contributed by atoms with Crippen LogP contribution >= 0.6 is 0 Å². The fourth-order valence-corrected chi connectivity index (χ4v) is 3.74. The molecule has 2 aromatic rings. The van der Waals surface area contributed by atoms with Gasteiger partial charge in [0.15, 0.2) is 5.78 Å². The number of carbonyl (C=O) groups excluding carboxylic acids is 1. The lowest BCUT2D eigenvalue weighted by Gasteiger charge is -2.16. The maximum absolute atomic E-state index is 12.6. The second-order valence-electron chi connectivity index (χ2n) is 7.62. The van der Waals surface area contributed by atoms with Gasteiger partial charge in [0.2, 0.25) is 0 Å². The van der Waals surface area contributed by atoms with E-state index < -0.39 is 0 Å². The van der Waals surface area contributed by atoms with Crippen molar-refractivity contribution < 1.29 is 4.79 Å². The molecule has 0 aromatic heterocycles. The summed E-state index contributed by atoms with van der Waals surface area (Å²) in [6, 6.07) is 12.8. The van der Waals surface area contributed by atoms with E-state index in [1.54, 1.807) is 12.2 Å². The Labute approximate surface area is 182 Å². The van der Waals surface area contributed by atoms with Crippen molar-refractivity contribution in [1.82, 2.24) is 0 Å². The summed E-state index contributed by atoms with van der Waals surface area (Å²) in [7, 11) is 0. The molecule has 0 aliphatic carbocycles. The van der Waals surface area contributed by atoms with E-state index in [4.69, 9.17) is 0 Å². The van der Waals surface area contributed by atoms with Crippen molar-refractivity contribution in [3.05, 3.63) is 82.2 Å². The molecule has 0 saturated heterocycles. The number of hydrogen-bond acceptors (Lipinski definition) is 3. The third-order valence-corrected chi connectivity index (χ3v) is 5.36. The third-order valence-electron chi connectivity index (χ3n) is 5.36. The van der Waals surface area contributed by atoms with Gasteiger partial charge in [0.25, 0.3) is 0 Å². The topological polar surface area (TPSA) is 41.1 Å². The van der Waals surface area contributed by atoms with Crippen molar-refractivity contribution in [2.75, 3.05) is 10.6 Å². The minimum absolute atomic E-state index is 0.0240. The highest BCUT2D eigenvalue weighted by molar-refractivity contribution is 6.00. The molecule has 2 aromatic carbocycles. The number of anilines is 2. The Bertz CT molecular complexity index is 818. The monoisotopic (exact) mass is 404 g/mol. The van der Waals surface area contributed by atoms with Gasteiger partial charge in [-0.25, -0.2) is 0 Å². The fraction of sp³-hybridized carbons (Fsp3) is 0.370. The van der Waals surface area contributed by atoms with Gasteiger partial charge in [-0.3, -0.25) is 4.79 Å². The molecular weight excluding hydrogens is 368 g/mol. The number of nitrogens with one attached hydrogen (secondary N) is 2. The van der Waals surface area contributed by atoms with Crippen molar-refractivity contribution in [2.24, 2.45) is 0 Å². The van der Waals surface area contributed by atoms with E-state index >= 15 is 0 Å². The Kier molecular flexibility index (Phi) is 8.91. The summed E-state index contributed by atoms with van der Waals surface area (Å²) < 4.78 is 0. The van der Waals surface area contributed by atoms with E-state index in [9.17, 15) is 4.79 Å². The number of ketones is 1. The molecule has 0 heterocycles. The molecular formula is C27H36N2O. The minimum atomic E-state index is -0.0240. The van der Waals surface area contributed by atoms with Crippen LogP contribution in [-0.2, 0) is 30.5 Å². The highest BCUT2D eigenvalue weighted by Crippen LogP contribution is 2.25. The van der Waals surface area contributed by atoms with E-state index in [-0.39, 0.29) is 5.78 Å². The molecule has 2 rings (SSSR count). The van der Waals surface area contributed by atoms with Gasteiger partial charge < -0.3 is 10.6 Å². The van der Waals surface area contributed by atoms with Gasteiger partial charge >= 0.3 is 0 Å². The number of benzene rings is 2. The van der Waals surface area contributed by atoms with Crippen molar-refractivity contribution in [3.8, 4) is 0 Å². The molecule has 160 valence electrons. The smallest absolute Gasteiger partial charge is 0.182 e. The molecule has 0 aliphatic heterocycles. The highest BCUT2D eigenvalue weighted by atomic mass is 16.1. The summed E-state index contributed by atoms with van der Waals surface area (Å²) in [5, 5.41) is 6.92. The number of rotatable bonds is 10. The number of para-hydroxylation sites is 2. The summed E-state index contributed by atoms with van der Waals surface area (Å²) in [5.41, 5.74) is 9.04. The van der Waals surface area contributed by atoms with E-state index in [2.05, 4.69) is 74.7 Å². The molecule has 0 radical (unpaired) electrons. The summed E-state index contributed by atoms with van der Waals surface area (Å²) in [6.07, 6.45) is 7.16. The first-order valence-electron chi connectivity index (χ1n) is 11.1. The van der Waals surface area contributed by atoms with Crippen LogP contribution in [0.25, 0.3) is 0 Å². The largest absolute Gasteiger partial charge is 0.359 e. The number of aryl methyl sites for hydroxylation is 4. The van der Waals surface area contributed by atoms with E-state index in [0.29, 0.717) is 0 Å². The van der Waals surface area contributed by atoms with Crippen LogP contribution in [0.2, 0.25) is 0 Å². The molecule has 0 aliphatic rings. The zero-order valence-corrected chi connectivity index (χ0v) is 19.4. The number of allylic oxidation sites excluding steroid dienone is 4. The second-order valence-corrected chi connectivity index (χ2v) is 7.62. The van der Waals surface area contributed by atoms with Crippen LogP contribution in [0, 0.1) is 0 Å². The van der Waals surface area contributed by atoms with Crippen LogP contribution < -0.4 is 10.6 Å². The van der Waals surface area contributed by atoms with Gasteiger partial charge in [0.1, 0.15) is 0 Å². The lowest BCUT2D eigenvalue weighted by molar-refractivity contribution is -0.110. The highest BCUT2D eigenvalue weighted by Gasteiger charge is 2.08. The molecule has 0 saturated carbocycles. The van der Waals surface area contributed by atoms with Crippen LogP contribution in [0.5, 0.6) is 0 Å². The predicted molar refractivity (Wildman–Crippen MR) is 130 cm³/mol. The predicted octanol–water partition coefficient (Wildman–Crippen LogP) is 6.84. The summed E-state index contributed by atoms with van der Waals surface area (Å²) >= 11 is 0. The van der Waals surface area contributed by atoms with Gasteiger partial charge in [-0.2, -0.15) is 0 Å². The van der Waals surface area contributed by atoms with Crippen LogP contribution in [0.3, 0.4) is 0 Å². The quantitative estimate of drug-likeness (QED) is 0.426. The van der Waals surface area contributed by atoms with Crippen molar-refractivity contribution in [3.63, 3.8) is 0 Å². The van der Waals surface area contributed by atoms with Crippen molar-refractivity contribution >= 4 is 17.2 Å². The standard InChI is InChI=1S/C27H36N2O/c1-7-21-13-11-14-22(8-2)26(21)28-19(5)17-25(30)18-20(6)29-27-23(9-3)15-12-16-24(27)10-4/h11-18,28-29H,7-10H2,1-6H3/b19-17-,20-18-. The van der Waals surface area contributed by atoms with Crippen molar-refractivity contribution in [2.45, 2.75) is 67.2 Å². The lowest BCUT2D eigenvalue weighted by Crippen LogP contribution is -2.07. The van der Waals surface area contributed by atoms with Gasteiger partial charge in [-0.05, 0) is 61.8 Å².